The number of nitrogen functional groups attached to an aromatic ring is 1. The molecule has 40 heavy (non-hydrogen) atoms. The highest BCUT2D eigenvalue weighted by molar-refractivity contribution is 7.86. The van der Waals surface area contributed by atoms with Crippen LogP contribution in [0.5, 0.6) is 0 Å². The molecule has 0 aliphatic carbocycles. The summed E-state index contributed by atoms with van der Waals surface area (Å²) in [5.74, 6) is 0. The van der Waals surface area contributed by atoms with Crippen molar-refractivity contribution in [3.63, 3.8) is 0 Å². The maximum atomic E-state index is 12.7. The van der Waals surface area contributed by atoms with Gasteiger partial charge in [-0.2, -0.15) is 8.42 Å². The highest BCUT2D eigenvalue weighted by Crippen LogP contribution is 2.45. The van der Waals surface area contributed by atoms with E-state index in [2.05, 4.69) is 52.0 Å². The van der Waals surface area contributed by atoms with Gasteiger partial charge in [0, 0.05) is 10.9 Å². The van der Waals surface area contributed by atoms with Gasteiger partial charge < -0.3 is 9.97 Å². The van der Waals surface area contributed by atoms with Crippen molar-refractivity contribution >= 4 is 34.9 Å². The second-order valence-electron chi connectivity index (χ2n) is 11.7. The Kier molecular flexibility index (Phi) is 8.32. The molecule has 1 aromatic heterocycles. The monoisotopic (exact) mass is 580 g/mol. The van der Waals surface area contributed by atoms with Gasteiger partial charge in [-0.1, -0.05) is 65.3 Å². The van der Waals surface area contributed by atoms with Gasteiger partial charge in [0.15, 0.2) is 8.24 Å². The van der Waals surface area contributed by atoms with E-state index in [1.165, 1.54) is 0 Å². The Hall–Kier alpha value is -3.01. The molecule has 214 valence electrons. The molecule has 0 saturated heterocycles. The van der Waals surface area contributed by atoms with Gasteiger partial charge in [-0.05, 0) is 78.0 Å². The minimum absolute atomic E-state index is 0.00954. The molecule has 0 aliphatic heterocycles. The SMILES string of the molecule is Cc1ccc(S(=O)(=O)OCCCc2cn([Si](C(C)C)(C(C)C)C(C)C)c3ccc(-c4c(N)c(=O)c4=O)cc23)cc1. The Morgan fingerprint density at radius 3 is 2.05 bits per heavy atom. The topological polar surface area (TPSA) is 108 Å². The molecule has 2 N–H and O–H groups in total. The number of aromatic nitrogens is 1. The largest absolute Gasteiger partial charge is 0.395 e. The lowest BCUT2D eigenvalue weighted by Gasteiger charge is -2.44. The number of anilines is 1. The van der Waals surface area contributed by atoms with Crippen LogP contribution in [-0.2, 0) is 20.7 Å². The first-order valence-electron chi connectivity index (χ1n) is 13.9. The molecule has 0 amide bonds. The van der Waals surface area contributed by atoms with E-state index in [4.69, 9.17) is 9.92 Å². The van der Waals surface area contributed by atoms with Crippen LogP contribution in [0.15, 0.2) is 63.1 Å². The zero-order valence-corrected chi connectivity index (χ0v) is 26.3. The number of hydrogen-bond acceptors (Lipinski definition) is 6. The molecule has 0 spiro atoms. The molecule has 0 unspecified atom stereocenters. The summed E-state index contributed by atoms with van der Waals surface area (Å²) >= 11 is 0. The maximum absolute atomic E-state index is 12.7. The molecular formula is C31H40N2O5SSi. The number of benzene rings is 2. The lowest BCUT2D eigenvalue weighted by atomic mass is 9.96. The lowest BCUT2D eigenvalue weighted by Crippen LogP contribution is -2.51. The number of hydrogen-bond donors (Lipinski definition) is 1. The smallest absolute Gasteiger partial charge is 0.296 e. The van der Waals surface area contributed by atoms with E-state index in [9.17, 15) is 18.0 Å². The summed E-state index contributed by atoms with van der Waals surface area (Å²) in [6.45, 7) is 15.8. The standard InChI is InChI=1S/C31H40N2O5SSi/c1-19(2)40(20(3)4,21(5)6)33-18-24(9-8-16-38-39(36,37)25-13-10-22(7)11-14-25)26-17-23(12-15-27(26)33)28-29(32)31(35)30(28)34/h10-15,17-21H,8-9,16,32H2,1-7H3. The molecule has 4 aromatic rings. The molecule has 0 radical (unpaired) electrons. The van der Waals surface area contributed by atoms with Gasteiger partial charge in [0.05, 0.1) is 22.8 Å². The van der Waals surface area contributed by atoms with E-state index in [-0.39, 0.29) is 22.8 Å². The van der Waals surface area contributed by atoms with E-state index in [1.807, 2.05) is 25.1 Å². The molecule has 0 fully saturated rings. The highest BCUT2D eigenvalue weighted by Gasteiger charge is 2.46. The van der Waals surface area contributed by atoms with Crippen molar-refractivity contribution in [2.24, 2.45) is 0 Å². The van der Waals surface area contributed by atoms with Crippen LogP contribution in [-0.4, -0.2) is 27.5 Å². The van der Waals surface area contributed by atoms with E-state index in [0.29, 0.717) is 35.0 Å². The first-order chi connectivity index (χ1) is 18.7. The third-order valence-corrected chi connectivity index (χ3v) is 16.5. The minimum atomic E-state index is -3.84. The van der Waals surface area contributed by atoms with Crippen molar-refractivity contribution in [2.45, 2.75) is 82.8 Å². The molecule has 9 heteroatoms. The molecule has 0 aliphatic rings. The average molecular weight is 581 g/mol. The second-order valence-corrected chi connectivity index (χ2v) is 19.1. The predicted molar refractivity (Wildman–Crippen MR) is 166 cm³/mol. The minimum Gasteiger partial charge on any atom is -0.395 e. The summed E-state index contributed by atoms with van der Waals surface area (Å²) < 4.78 is 33.2. The highest BCUT2D eigenvalue weighted by atomic mass is 32.2. The Labute approximate surface area is 237 Å². The Balaban J connectivity index is 1.73. The molecule has 0 saturated carbocycles. The fraction of sp³-hybridized carbons (Fsp3) is 0.419. The van der Waals surface area contributed by atoms with Gasteiger partial charge in [0.2, 0.25) is 10.9 Å². The van der Waals surface area contributed by atoms with Crippen LogP contribution in [0, 0.1) is 6.92 Å². The fourth-order valence-corrected chi connectivity index (χ4v) is 14.3. The molecular weight excluding hydrogens is 541 g/mol. The zero-order chi connectivity index (χ0) is 29.6. The molecule has 7 nitrogen and oxygen atoms in total. The summed E-state index contributed by atoms with van der Waals surface area (Å²) in [7, 11) is -5.96. The normalized spacial score (nSPS) is 12.9. The van der Waals surface area contributed by atoms with Crippen LogP contribution in [0.2, 0.25) is 16.6 Å². The van der Waals surface area contributed by atoms with Crippen LogP contribution in [0.25, 0.3) is 22.0 Å². The van der Waals surface area contributed by atoms with Gasteiger partial charge in [-0.15, -0.1) is 0 Å². The van der Waals surface area contributed by atoms with Crippen molar-refractivity contribution in [1.82, 2.24) is 4.23 Å². The molecule has 0 bridgehead atoms. The Bertz CT molecular complexity index is 1690. The molecule has 4 rings (SSSR count). The lowest BCUT2D eigenvalue weighted by molar-refractivity contribution is 0.312. The number of fused-ring (bicyclic) bond motifs is 1. The first kappa shape index (κ1) is 30.0. The van der Waals surface area contributed by atoms with Gasteiger partial charge >= 0.3 is 0 Å². The third kappa shape index (κ3) is 4.99. The first-order valence-corrected chi connectivity index (χ1v) is 17.5. The summed E-state index contributed by atoms with van der Waals surface area (Å²) in [5, 5.41) is 0.991. The van der Waals surface area contributed by atoms with Crippen molar-refractivity contribution < 1.29 is 12.6 Å². The quantitative estimate of drug-likeness (QED) is 0.0986. The van der Waals surface area contributed by atoms with Gasteiger partial charge in [-0.3, -0.25) is 13.8 Å². The number of rotatable bonds is 11. The maximum Gasteiger partial charge on any atom is 0.296 e. The summed E-state index contributed by atoms with van der Waals surface area (Å²) in [5.41, 5.74) is 10.1. The van der Waals surface area contributed by atoms with Crippen molar-refractivity contribution in [3.05, 3.63) is 80.2 Å². The van der Waals surface area contributed by atoms with Crippen molar-refractivity contribution in [1.29, 1.82) is 0 Å². The van der Waals surface area contributed by atoms with Crippen LogP contribution in [0.1, 0.15) is 59.1 Å². The van der Waals surface area contributed by atoms with Gasteiger partial charge in [0.1, 0.15) is 0 Å². The molecule has 0 atom stereocenters. The average Bonchev–Trinajstić information content (AvgIpc) is 3.24. The van der Waals surface area contributed by atoms with Crippen molar-refractivity contribution in [3.8, 4) is 11.1 Å². The van der Waals surface area contributed by atoms with Crippen molar-refractivity contribution in [2.75, 3.05) is 12.3 Å². The van der Waals surface area contributed by atoms with E-state index < -0.39 is 29.2 Å². The van der Waals surface area contributed by atoms with Crippen LogP contribution in [0.4, 0.5) is 5.69 Å². The number of aryl methyl sites for hydroxylation is 2. The Morgan fingerprint density at radius 2 is 1.50 bits per heavy atom. The van der Waals surface area contributed by atoms with E-state index in [1.54, 1.807) is 24.3 Å². The van der Waals surface area contributed by atoms with Gasteiger partial charge in [-0.25, -0.2) is 0 Å². The third-order valence-electron chi connectivity index (χ3n) is 8.45. The predicted octanol–water partition coefficient (Wildman–Crippen LogP) is 6.16. The van der Waals surface area contributed by atoms with Crippen LogP contribution < -0.4 is 16.6 Å². The van der Waals surface area contributed by atoms with Gasteiger partial charge in [0.25, 0.3) is 10.1 Å². The molecule has 1 heterocycles. The van der Waals surface area contributed by atoms with Crippen LogP contribution in [0.3, 0.4) is 0 Å². The van der Waals surface area contributed by atoms with E-state index in [0.717, 1.165) is 22.0 Å². The Morgan fingerprint density at radius 1 is 0.900 bits per heavy atom. The molecule has 3 aromatic carbocycles. The number of nitrogens with zero attached hydrogens (tertiary/aromatic N) is 1. The second kappa shape index (κ2) is 11.1. The summed E-state index contributed by atoms with van der Waals surface area (Å²) in [6.07, 6.45) is 3.33. The summed E-state index contributed by atoms with van der Waals surface area (Å²) in [4.78, 5) is 24.3. The van der Waals surface area contributed by atoms with Crippen LogP contribution >= 0.6 is 0 Å². The number of nitrogens with two attached hydrogens (primary N) is 1. The zero-order valence-electron chi connectivity index (χ0n) is 24.4. The fourth-order valence-electron chi connectivity index (χ4n) is 6.71. The summed E-state index contributed by atoms with van der Waals surface area (Å²) in [6, 6.07) is 12.5. The van der Waals surface area contributed by atoms with E-state index >= 15 is 0 Å².